The molecule has 1 fully saturated rings. The molecule has 1 N–H and O–H groups in total. The number of nitrogens with zero attached hydrogens (tertiary/aromatic N) is 2. The van der Waals surface area contributed by atoms with Gasteiger partial charge in [-0.25, -0.2) is 0 Å². The molecule has 1 atom stereocenters. The Morgan fingerprint density at radius 2 is 2.11 bits per heavy atom. The maximum Gasteiger partial charge on any atom is 0.0995 e. The second kappa shape index (κ2) is 4.91. The van der Waals surface area contributed by atoms with Gasteiger partial charge in [-0.1, -0.05) is 18.2 Å². The molecule has 2 aromatic rings. The molecular formula is C16H16N2O. The minimum atomic E-state index is -0.326. The smallest absolute Gasteiger partial charge is 0.0995 e. The van der Waals surface area contributed by atoms with Gasteiger partial charge < -0.3 is 9.67 Å². The van der Waals surface area contributed by atoms with Crippen LogP contribution in [-0.4, -0.2) is 9.67 Å². The van der Waals surface area contributed by atoms with Crippen molar-refractivity contribution < 1.29 is 5.11 Å². The summed E-state index contributed by atoms with van der Waals surface area (Å²) in [6.45, 7) is 0.668. The molecule has 1 unspecified atom stereocenters. The highest BCUT2D eigenvalue weighted by Gasteiger charge is 2.31. The summed E-state index contributed by atoms with van der Waals surface area (Å²) in [5.41, 5.74) is 2.70. The lowest BCUT2D eigenvalue weighted by Crippen LogP contribution is -2.01. The second-order valence-corrected chi connectivity index (χ2v) is 5.17. The van der Waals surface area contributed by atoms with Gasteiger partial charge in [-0.2, -0.15) is 5.26 Å². The average molecular weight is 252 g/mol. The summed E-state index contributed by atoms with van der Waals surface area (Å²) in [5.74, 6) is 0.447. The lowest BCUT2D eigenvalue weighted by Gasteiger charge is -2.07. The molecule has 3 nitrogen and oxygen atoms in total. The van der Waals surface area contributed by atoms with Gasteiger partial charge in [0.25, 0.3) is 0 Å². The number of hydrogen-bond acceptors (Lipinski definition) is 2. The first-order valence-corrected chi connectivity index (χ1v) is 6.59. The Balaban J connectivity index is 1.78. The molecule has 1 saturated carbocycles. The summed E-state index contributed by atoms with van der Waals surface area (Å²) < 4.78 is 2.02. The number of benzene rings is 1. The van der Waals surface area contributed by atoms with Crippen molar-refractivity contribution in [1.82, 2.24) is 4.57 Å². The molecule has 19 heavy (non-hydrogen) atoms. The zero-order chi connectivity index (χ0) is 13.2. The molecule has 1 aliphatic rings. The number of aliphatic hydroxyl groups is 1. The van der Waals surface area contributed by atoms with Gasteiger partial charge in [-0.05, 0) is 42.0 Å². The SMILES string of the molecule is N#Cc1ccccc1Cn1ccc(C(O)C2CC2)c1. The van der Waals surface area contributed by atoms with E-state index in [0.29, 0.717) is 18.0 Å². The molecule has 0 bridgehead atoms. The van der Waals surface area contributed by atoms with Crippen LogP contribution in [0.5, 0.6) is 0 Å². The monoisotopic (exact) mass is 252 g/mol. The van der Waals surface area contributed by atoms with E-state index in [1.807, 2.05) is 47.3 Å². The standard InChI is InChI=1S/C16H16N2O/c17-9-13-3-1-2-4-14(13)10-18-8-7-15(11-18)16(19)12-5-6-12/h1-4,7-8,11-12,16,19H,5-6,10H2. The Morgan fingerprint density at radius 3 is 2.84 bits per heavy atom. The van der Waals surface area contributed by atoms with Gasteiger partial charge in [-0.15, -0.1) is 0 Å². The summed E-state index contributed by atoms with van der Waals surface area (Å²) in [6.07, 6.45) is 5.88. The maximum absolute atomic E-state index is 10.1. The first-order chi connectivity index (χ1) is 9.28. The number of rotatable bonds is 4. The lowest BCUT2D eigenvalue weighted by molar-refractivity contribution is 0.154. The van der Waals surface area contributed by atoms with Crippen molar-refractivity contribution in [1.29, 1.82) is 5.26 Å². The summed E-state index contributed by atoms with van der Waals surface area (Å²) in [7, 11) is 0. The zero-order valence-corrected chi connectivity index (χ0v) is 10.7. The third-order valence-corrected chi connectivity index (χ3v) is 3.67. The first-order valence-electron chi connectivity index (χ1n) is 6.59. The fraction of sp³-hybridized carbons (Fsp3) is 0.312. The molecule has 1 aromatic carbocycles. The van der Waals surface area contributed by atoms with Gasteiger partial charge in [0.15, 0.2) is 0 Å². The molecule has 1 heterocycles. The number of hydrogen-bond donors (Lipinski definition) is 1. The normalized spacial score (nSPS) is 16.0. The van der Waals surface area contributed by atoms with E-state index in [1.54, 1.807) is 0 Å². The van der Waals surface area contributed by atoms with Crippen molar-refractivity contribution in [2.24, 2.45) is 5.92 Å². The van der Waals surface area contributed by atoms with Crippen LogP contribution >= 0.6 is 0 Å². The van der Waals surface area contributed by atoms with Gasteiger partial charge in [0.05, 0.1) is 17.7 Å². The Hall–Kier alpha value is -2.05. The fourth-order valence-electron chi connectivity index (χ4n) is 2.38. The van der Waals surface area contributed by atoms with Gasteiger partial charge >= 0.3 is 0 Å². The van der Waals surface area contributed by atoms with Crippen LogP contribution in [0.25, 0.3) is 0 Å². The van der Waals surface area contributed by atoms with Crippen molar-refractivity contribution in [3.8, 4) is 6.07 Å². The summed E-state index contributed by atoms with van der Waals surface area (Å²) in [5, 5.41) is 19.1. The fourth-order valence-corrected chi connectivity index (χ4v) is 2.38. The molecule has 96 valence electrons. The van der Waals surface area contributed by atoms with Gasteiger partial charge in [-0.3, -0.25) is 0 Å². The van der Waals surface area contributed by atoms with E-state index < -0.39 is 0 Å². The van der Waals surface area contributed by atoms with Crippen molar-refractivity contribution in [3.05, 3.63) is 59.4 Å². The largest absolute Gasteiger partial charge is 0.388 e. The van der Waals surface area contributed by atoms with Crippen molar-refractivity contribution in [2.75, 3.05) is 0 Å². The predicted octanol–water partition coefficient (Wildman–Crippen LogP) is 2.85. The Morgan fingerprint density at radius 1 is 1.32 bits per heavy atom. The van der Waals surface area contributed by atoms with Crippen LogP contribution in [0.3, 0.4) is 0 Å². The average Bonchev–Trinajstić information content (AvgIpc) is 3.19. The van der Waals surface area contributed by atoms with E-state index in [0.717, 1.165) is 24.0 Å². The van der Waals surface area contributed by atoms with E-state index in [1.165, 1.54) is 0 Å². The first kappa shape index (κ1) is 12.0. The Bertz CT molecular complexity index is 620. The van der Waals surface area contributed by atoms with Crippen LogP contribution in [-0.2, 0) is 6.54 Å². The second-order valence-electron chi connectivity index (χ2n) is 5.17. The van der Waals surface area contributed by atoms with Crippen LogP contribution < -0.4 is 0 Å². The molecule has 3 heteroatoms. The molecule has 0 radical (unpaired) electrons. The zero-order valence-electron chi connectivity index (χ0n) is 10.7. The lowest BCUT2D eigenvalue weighted by atomic mass is 10.1. The summed E-state index contributed by atoms with van der Waals surface area (Å²) in [6, 6.07) is 11.8. The number of aliphatic hydroxyl groups excluding tert-OH is 1. The Labute approximate surface area is 112 Å². The van der Waals surface area contributed by atoms with E-state index in [4.69, 9.17) is 5.26 Å². The van der Waals surface area contributed by atoms with Gasteiger partial charge in [0.1, 0.15) is 0 Å². The highest BCUT2D eigenvalue weighted by Crippen LogP contribution is 2.40. The maximum atomic E-state index is 10.1. The Kier molecular flexibility index (Phi) is 3.10. The highest BCUT2D eigenvalue weighted by molar-refractivity contribution is 5.37. The molecule has 1 aliphatic carbocycles. The topological polar surface area (TPSA) is 49.0 Å². The minimum absolute atomic E-state index is 0.326. The summed E-state index contributed by atoms with van der Waals surface area (Å²) >= 11 is 0. The third-order valence-electron chi connectivity index (χ3n) is 3.67. The van der Waals surface area contributed by atoms with Crippen molar-refractivity contribution in [3.63, 3.8) is 0 Å². The molecule has 0 aliphatic heterocycles. The van der Waals surface area contributed by atoms with E-state index in [9.17, 15) is 5.11 Å². The van der Waals surface area contributed by atoms with Crippen molar-refractivity contribution in [2.45, 2.75) is 25.5 Å². The molecule has 3 rings (SSSR count). The summed E-state index contributed by atoms with van der Waals surface area (Å²) in [4.78, 5) is 0. The molecular weight excluding hydrogens is 236 g/mol. The highest BCUT2D eigenvalue weighted by atomic mass is 16.3. The quantitative estimate of drug-likeness (QED) is 0.909. The van der Waals surface area contributed by atoms with Crippen LogP contribution in [0.15, 0.2) is 42.7 Å². The predicted molar refractivity (Wildman–Crippen MR) is 72.4 cm³/mol. The third kappa shape index (κ3) is 2.54. The minimum Gasteiger partial charge on any atom is -0.388 e. The van der Waals surface area contributed by atoms with E-state index >= 15 is 0 Å². The molecule has 1 aromatic heterocycles. The molecule has 0 spiro atoms. The van der Waals surface area contributed by atoms with Gasteiger partial charge in [0.2, 0.25) is 0 Å². The van der Waals surface area contributed by atoms with E-state index in [2.05, 4.69) is 6.07 Å². The van der Waals surface area contributed by atoms with Gasteiger partial charge in [0, 0.05) is 18.9 Å². The van der Waals surface area contributed by atoms with Crippen LogP contribution in [0.4, 0.5) is 0 Å². The van der Waals surface area contributed by atoms with Crippen molar-refractivity contribution >= 4 is 0 Å². The molecule has 0 saturated heterocycles. The molecule has 0 amide bonds. The number of nitriles is 1. The number of aromatic nitrogens is 1. The van der Waals surface area contributed by atoms with E-state index in [-0.39, 0.29) is 6.10 Å². The van der Waals surface area contributed by atoms with Crippen LogP contribution in [0.2, 0.25) is 0 Å². The van der Waals surface area contributed by atoms with Crippen LogP contribution in [0.1, 0.15) is 35.6 Å². The van der Waals surface area contributed by atoms with Crippen LogP contribution in [0, 0.1) is 17.2 Å².